The molecule has 1 unspecified atom stereocenters. The van der Waals surface area contributed by atoms with E-state index in [0.717, 1.165) is 12.8 Å². The van der Waals surface area contributed by atoms with Gasteiger partial charge in [0.2, 0.25) is 0 Å². The lowest BCUT2D eigenvalue weighted by Gasteiger charge is -2.14. The number of carbonyl (C=O) groups is 1. The average Bonchev–Trinajstić information content (AvgIpc) is 2.71. The lowest BCUT2D eigenvalue weighted by molar-refractivity contribution is -0.139. The molecular weight excluding hydrogens is 374 g/mol. The van der Waals surface area contributed by atoms with Gasteiger partial charge in [0, 0.05) is 6.54 Å². The van der Waals surface area contributed by atoms with Crippen molar-refractivity contribution >= 4 is 5.97 Å². The van der Waals surface area contributed by atoms with Gasteiger partial charge in [-0.25, -0.2) is 0 Å². The van der Waals surface area contributed by atoms with Crippen LogP contribution < -0.4 is 5.32 Å². The number of unbranched alkanes of at least 4 members (excludes halogenated alkanes) is 9. The molecule has 0 aromatic heterocycles. The first-order valence-electron chi connectivity index (χ1n) is 11.5. The highest BCUT2D eigenvalue weighted by Gasteiger charge is 2.15. The van der Waals surface area contributed by atoms with Gasteiger partial charge in [0.15, 0.2) is 0 Å². The number of nitrogens with one attached hydrogen (secondary N) is 1. The van der Waals surface area contributed by atoms with Crippen molar-refractivity contribution in [1.82, 2.24) is 5.32 Å². The zero-order valence-electron chi connectivity index (χ0n) is 18.5. The first-order chi connectivity index (χ1) is 14.2. The number of carboxylic acids is 1. The van der Waals surface area contributed by atoms with E-state index >= 15 is 0 Å². The van der Waals surface area contributed by atoms with Crippen LogP contribution in [0.3, 0.4) is 0 Å². The summed E-state index contributed by atoms with van der Waals surface area (Å²) in [6.07, 6.45) is 13.2. The Morgan fingerprint density at radius 2 is 1.24 bits per heavy atom. The molecule has 3 N–H and O–H groups in total. The molecular formula is C22H45NO6. The highest BCUT2D eigenvalue weighted by Crippen LogP contribution is 2.12. The Kier molecular flexibility index (Phi) is 23.0. The molecule has 0 aromatic carbocycles. The third-order valence-corrected chi connectivity index (χ3v) is 4.76. The summed E-state index contributed by atoms with van der Waals surface area (Å²) in [6, 6.07) is -0.493. The summed E-state index contributed by atoms with van der Waals surface area (Å²) in [5.41, 5.74) is 0. The quantitative estimate of drug-likeness (QED) is 0.206. The van der Waals surface area contributed by atoms with Gasteiger partial charge in [-0.15, -0.1) is 0 Å². The van der Waals surface area contributed by atoms with Gasteiger partial charge in [-0.05, 0) is 6.42 Å². The van der Waals surface area contributed by atoms with Gasteiger partial charge in [-0.2, -0.15) is 0 Å². The molecule has 0 heterocycles. The van der Waals surface area contributed by atoms with Crippen LogP contribution >= 0.6 is 0 Å². The molecule has 0 radical (unpaired) electrons. The van der Waals surface area contributed by atoms with Crippen LogP contribution in [0.1, 0.15) is 77.6 Å². The molecule has 0 aliphatic carbocycles. The molecule has 0 fully saturated rings. The Bertz CT molecular complexity index is 343. The van der Waals surface area contributed by atoms with Crippen LogP contribution in [-0.2, 0) is 19.0 Å². The van der Waals surface area contributed by atoms with Gasteiger partial charge in [0.05, 0.1) is 46.2 Å². The van der Waals surface area contributed by atoms with Crippen molar-refractivity contribution in [3.8, 4) is 0 Å². The predicted octanol–water partition coefficient (Wildman–Crippen LogP) is 3.38. The van der Waals surface area contributed by atoms with E-state index in [1.54, 1.807) is 0 Å². The number of hydrogen-bond acceptors (Lipinski definition) is 6. The van der Waals surface area contributed by atoms with E-state index < -0.39 is 12.0 Å². The van der Waals surface area contributed by atoms with Crippen molar-refractivity contribution < 1.29 is 29.2 Å². The molecule has 0 saturated heterocycles. The van der Waals surface area contributed by atoms with Crippen molar-refractivity contribution in [1.29, 1.82) is 0 Å². The van der Waals surface area contributed by atoms with E-state index in [1.807, 2.05) is 0 Å². The van der Waals surface area contributed by atoms with Crippen molar-refractivity contribution in [2.24, 2.45) is 0 Å². The Hall–Kier alpha value is -0.730. The fraction of sp³-hybridized carbons (Fsp3) is 0.955. The normalized spacial score (nSPS) is 12.3. The van der Waals surface area contributed by atoms with Crippen LogP contribution in [-0.4, -0.2) is 75.0 Å². The molecule has 0 aliphatic rings. The summed E-state index contributed by atoms with van der Waals surface area (Å²) in [7, 11) is 0. The first kappa shape index (κ1) is 28.3. The van der Waals surface area contributed by atoms with Crippen LogP contribution in [0.15, 0.2) is 0 Å². The maximum absolute atomic E-state index is 11.4. The molecule has 0 saturated carbocycles. The Morgan fingerprint density at radius 3 is 1.76 bits per heavy atom. The smallest absolute Gasteiger partial charge is 0.320 e. The van der Waals surface area contributed by atoms with E-state index in [0.29, 0.717) is 52.6 Å². The third kappa shape index (κ3) is 21.8. The van der Waals surface area contributed by atoms with E-state index in [4.69, 9.17) is 19.3 Å². The Morgan fingerprint density at radius 1 is 0.759 bits per heavy atom. The summed E-state index contributed by atoms with van der Waals surface area (Å²) >= 11 is 0. The van der Waals surface area contributed by atoms with Crippen LogP contribution in [0.2, 0.25) is 0 Å². The molecule has 7 heteroatoms. The molecule has 0 aromatic rings. The van der Waals surface area contributed by atoms with E-state index in [-0.39, 0.29) is 6.61 Å². The minimum Gasteiger partial charge on any atom is -0.480 e. The third-order valence-electron chi connectivity index (χ3n) is 4.76. The van der Waals surface area contributed by atoms with Gasteiger partial charge in [-0.1, -0.05) is 71.1 Å². The maximum atomic E-state index is 11.4. The lowest BCUT2D eigenvalue weighted by Crippen LogP contribution is -2.38. The highest BCUT2D eigenvalue weighted by atomic mass is 16.5. The number of ether oxygens (including phenoxy) is 3. The van der Waals surface area contributed by atoms with E-state index in [9.17, 15) is 9.90 Å². The second-order valence-electron chi connectivity index (χ2n) is 7.38. The molecule has 0 amide bonds. The molecule has 0 aliphatic heterocycles. The fourth-order valence-electron chi connectivity index (χ4n) is 3.06. The van der Waals surface area contributed by atoms with Gasteiger partial charge in [0.25, 0.3) is 0 Å². The molecule has 0 spiro atoms. The molecule has 0 rings (SSSR count). The topological polar surface area (TPSA) is 97.3 Å². The van der Waals surface area contributed by atoms with Crippen LogP contribution in [0, 0.1) is 0 Å². The zero-order valence-corrected chi connectivity index (χ0v) is 18.5. The number of aliphatic hydroxyl groups excluding tert-OH is 1. The minimum absolute atomic E-state index is 0.0205. The average molecular weight is 420 g/mol. The predicted molar refractivity (Wildman–Crippen MR) is 115 cm³/mol. The van der Waals surface area contributed by atoms with Gasteiger partial charge in [0.1, 0.15) is 6.04 Å². The number of rotatable bonds is 24. The summed E-state index contributed by atoms with van der Waals surface area (Å²) in [6.45, 7) is 5.45. The molecule has 7 nitrogen and oxygen atoms in total. The number of hydrogen-bond donors (Lipinski definition) is 3. The summed E-state index contributed by atoms with van der Waals surface area (Å²) in [5.74, 6) is -0.785. The van der Waals surface area contributed by atoms with Gasteiger partial charge < -0.3 is 29.7 Å². The number of aliphatic hydroxyl groups is 1. The molecule has 174 valence electrons. The van der Waals surface area contributed by atoms with Crippen molar-refractivity contribution in [3.63, 3.8) is 0 Å². The van der Waals surface area contributed by atoms with Crippen LogP contribution in [0.5, 0.6) is 0 Å². The second-order valence-corrected chi connectivity index (χ2v) is 7.38. The number of aliphatic carboxylic acids is 1. The largest absolute Gasteiger partial charge is 0.480 e. The SMILES string of the molecule is CCCCCCCCCCCCC(NCCOCCOCCOCCO)C(=O)O. The number of carboxylic acid groups (broad SMARTS) is 1. The molecule has 29 heavy (non-hydrogen) atoms. The van der Waals surface area contributed by atoms with Crippen molar-refractivity contribution in [2.45, 2.75) is 83.6 Å². The Balaban J connectivity index is 3.44. The first-order valence-corrected chi connectivity index (χ1v) is 11.5. The second kappa shape index (κ2) is 23.5. The summed E-state index contributed by atoms with van der Waals surface area (Å²) in [4.78, 5) is 11.4. The zero-order chi connectivity index (χ0) is 21.4. The Labute approximate surface area is 177 Å². The monoisotopic (exact) mass is 419 g/mol. The van der Waals surface area contributed by atoms with Crippen LogP contribution in [0.25, 0.3) is 0 Å². The van der Waals surface area contributed by atoms with Crippen LogP contribution in [0.4, 0.5) is 0 Å². The van der Waals surface area contributed by atoms with Crippen molar-refractivity contribution in [3.05, 3.63) is 0 Å². The van der Waals surface area contributed by atoms with Crippen molar-refractivity contribution in [2.75, 3.05) is 52.8 Å². The summed E-state index contributed by atoms with van der Waals surface area (Å²) in [5, 5.41) is 20.9. The molecule has 1 atom stereocenters. The molecule has 0 bridgehead atoms. The van der Waals surface area contributed by atoms with Gasteiger partial charge in [-0.3, -0.25) is 4.79 Å². The fourth-order valence-corrected chi connectivity index (χ4v) is 3.06. The lowest BCUT2D eigenvalue weighted by atomic mass is 10.0. The summed E-state index contributed by atoms with van der Waals surface area (Å²) < 4.78 is 15.8. The standard InChI is InChI=1S/C22H45NO6/c1-2-3-4-5-6-7-8-9-10-11-12-21(22(25)26)23-13-15-27-17-19-29-20-18-28-16-14-24/h21,23-24H,2-20H2,1H3,(H,25,26). The van der Waals surface area contributed by atoms with E-state index in [2.05, 4.69) is 12.2 Å². The maximum Gasteiger partial charge on any atom is 0.320 e. The minimum atomic E-state index is -0.785. The van der Waals surface area contributed by atoms with Gasteiger partial charge >= 0.3 is 5.97 Å². The highest BCUT2D eigenvalue weighted by molar-refractivity contribution is 5.73. The van der Waals surface area contributed by atoms with E-state index in [1.165, 1.54) is 51.4 Å².